The van der Waals surface area contributed by atoms with Gasteiger partial charge in [0.15, 0.2) is 0 Å². The fraction of sp³-hybridized carbons (Fsp3) is 0.522. The van der Waals surface area contributed by atoms with Crippen LogP contribution in [-0.4, -0.2) is 62.4 Å². The fourth-order valence-corrected chi connectivity index (χ4v) is 6.97. The molecule has 2 saturated heterocycles. The molecule has 0 radical (unpaired) electrons. The van der Waals surface area contributed by atoms with Gasteiger partial charge in [-0.1, -0.05) is 30.3 Å². The zero-order chi connectivity index (χ0) is 22.6. The highest BCUT2D eigenvalue weighted by molar-refractivity contribution is 7.91. The van der Waals surface area contributed by atoms with E-state index in [1.807, 2.05) is 12.1 Å². The van der Waals surface area contributed by atoms with Gasteiger partial charge in [-0.15, -0.1) is 11.3 Å². The van der Waals surface area contributed by atoms with Gasteiger partial charge in [-0.05, 0) is 42.3 Å². The third kappa shape index (κ3) is 5.77. The second-order valence-electron chi connectivity index (χ2n) is 8.56. The first-order valence-electron chi connectivity index (χ1n) is 11.1. The van der Waals surface area contributed by atoms with Crippen LogP contribution in [0.3, 0.4) is 0 Å². The van der Waals surface area contributed by atoms with E-state index in [0.717, 1.165) is 31.8 Å². The number of piperidine rings is 1. The Morgan fingerprint density at radius 1 is 1.16 bits per heavy atom. The fourth-order valence-electron chi connectivity index (χ4n) is 4.36. The summed E-state index contributed by atoms with van der Waals surface area (Å²) in [4.78, 5) is 15.1. The van der Waals surface area contributed by atoms with Crippen molar-refractivity contribution in [2.45, 2.75) is 43.2 Å². The monoisotopic (exact) mass is 477 g/mol. The first kappa shape index (κ1) is 23.4. The van der Waals surface area contributed by atoms with Crippen LogP contribution in [-0.2, 0) is 32.6 Å². The van der Waals surface area contributed by atoms with Gasteiger partial charge >= 0.3 is 0 Å². The molecular formula is C23H31N3O4S2. The molecular weight excluding hydrogens is 446 g/mol. The Morgan fingerprint density at radius 3 is 2.66 bits per heavy atom. The highest BCUT2D eigenvalue weighted by Crippen LogP contribution is 2.26. The molecule has 4 rings (SSSR count). The summed E-state index contributed by atoms with van der Waals surface area (Å²) in [6.45, 7) is 6.86. The molecule has 2 fully saturated rings. The second-order valence-corrected chi connectivity index (χ2v) is 11.7. The molecule has 0 spiro atoms. The molecule has 1 N–H and O–H groups in total. The summed E-state index contributed by atoms with van der Waals surface area (Å²) >= 11 is 1.23. The molecule has 2 aliphatic heterocycles. The van der Waals surface area contributed by atoms with E-state index in [2.05, 4.69) is 29.3 Å². The van der Waals surface area contributed by atoms with Crippen LogP contribution in [0.5, 0.6) is 0 Å². The summed E-state index contributed by atoms with van der Waals surface area (Å²) in [7, 11) is -3.44. The molecule has 9 heteroatoms. The SMILES string of the molecule is CC1CN(Cc2cccc(CNC(=O)C3CCN(S(=O)(=O)c4cccs4)CC3)c2)CCO1. The summed E-state index contributed by atoms with van der Waals surface area (Å²) in [5.41, 5.74) is 2.31. The molecule has 3 heterocycles. The lowest BCUT2D eigenvalue weighted by atomic mass is 9.97. The molecule has 0 aliphatic carbocycles. The Morgan fingerprint density at radius 2 is 1.94 bits per heavy atom. The number of amides is 1. The molecule has 174 valence electrons. The largest absolute Gasteiger partial charge is 0.376 e. The zero-order valence-corrected chi connectivity index (χ0v) is 20.0. The lowest BCUT2D eigenvalue weighted by Gasteiger charge is -2.31. The topological polar surface area (TPSA) is 79.0 Å². The van der Waals surface area contributed by atoms with Gasteiger partial charge in [-0.3, -0.25) is 9.69 Å². The minimum Gasteiger partial charge on any atom is -0.376 e. The quantitative estimate of drug-likeness (QED) is 0.663. The van der Waals surface area contributed by atoms with Gasteiger partial charge < -0.3 is 10.1 Å². The highest BCUT2D eigenvalue weighted by Gasteiger charge is 2.32. The second kappa shape index (κ2) is 10.4. The zero-order valence-electron chi connectivity index (χ0n) is 18.4. The Kier molecular flexibility index (Phi) is 7.63. The normalized spacial score (nSPS) is 21.5. The first-order valence-corrected chi connectivity index (χ1v) is 13.5. The Hall–Kier alpha value is -1.78. The third-order valence-electron chi connectivity index (χ3n) is 6.10. The van der Waals surface area contributed by atoms with Crippen molar-refractivity contribution in [3.8, 4) is 0 Å². The maximum absolute atomic E-state index is 12.7. The van der Waals surface area contributed by atoms with E-state index in [1.54, 1.807) is 17.5 Å². The van der Waals surface area contributed by atoms with Crippen molar-refractivity contribution in [1.29, 1.82) is 0 Å². The smallest absolute Gasteiger partial charge is 0.252 e. The minimum atomic E-state index is -3.44. The summed E-state index contributed by atoms with van der Waals surface area (Å²) in [5, 5.41) is 4.82. The third-order valence-corrected chi connectivity index (χ3v) is 9.38. The van der Waals surface area contributed by atoms with Crippen LogP contribution in [0.2, 0.25) is 0 Å². The number of morpholine rings is 1. The van der Waals surface area contributed by atoms with Crippen LogP contribution >= 0.6 is 11.3 Å². The van der Waals surface area contributed by atoms with E-state index < -0.39 is 10.0 Å². The molecule has 1 aromatic heterocycles. The van der Waals surface area contributed by atoms with Crippen molar-refractivity contribution in [2.24, 2.45) is 5.92 Å². The Labute approximate surface area is 194 Å². The molecule has 2 aromatic rings. The van der Waals surface area contributed by atoms with Gasteiger partial charge in [0.05, 0.1) is 12.7 Å². The molecule has 32 heavy (non-hydrogen) atoms. The first-order chi connectivity index (χ1) is 15.4. The van der Waals surface area contributed by atoms with Crippen LogP contribution in [0.1, 0.15) is 30.9 Å². The number of rotatable bonds is 7. The average Bonchev–Trinajstić information content (AvgIpc) is 3.34. The van der Waals surface area contributed by atoms with Crippen LogP contribution in [0, 0.1) is 5.92 Å². The maximum Gasteiger partial charge on any atom is 0.252 e. The number of carbonyl (C=O) groups is 1. The number of thiophene rings is 1. The van der Waals surface area contributed by atoms with E-state index in [9.17, 15) is 13.2 Å². The lowest BCUT2D eigenvalue weighted by molar-refractivity contribution is -0.126. The van der Waals surface area contributed by atoms with Crippen LogP contribution < -0.4 is 5.32 Å². The van der Waals surface area contributed by atoms with Gasteiger partial charge in [0.25, 0.3) is 10.0 Å². The Balaban J connectivity index is 1.26. The van der Waals surface area contributed by atoms with Gasteiger partial charge in [-0.25, -0.2) is 8.42 Å². The van der Waals surface area contributed by atoms with Crippen molar-refractivity contribution in [2.75, 3.05) is 32.8 Å². The lowest BCUT2D eigenvalue weighted by Crippen LogP contribution is -2.42. The number of nitrogens with zero attached hydrogens (tertiary/aromatic N) is 2. The van der Waals surface area contributed by atoms with Crippen molar-refractivity contribution >= 4 is 27.3 Å². The minimum absolute atomic E-state index is 0.00517. The number of sulfonamides is 1. The van der Waals surface area contributed by atoms with E-state index in [1.165, 1.54) is 21.2 Å². The summed E-state index contributed by atoms with van der Waals surface area (Å²) in [6, 6.07) is 11.7. The standard InChI is InChI=1S/C23H31N3O4S2/c1-18-16-25(11-12-30-18)17-20-5-2-4-19(14-20)15-24-23(27)21-7-9-26(10-8-21)32(28,29)22-6-3-13-31-22/h2-6,13-14,18,21H,7-12,15-17H2,1H3,(H,24,27). The van der Waals surface area contributed by atoms with Gasteiger partial charge in [-0.2, -0.15) is 4.31 Å². The molecule has 0 bridgehead atoms. The number of ether oxygens (including phenoxy) is 1. The van der Waals surface area contributed by atoms with E-state index in [4.69, 9.17) is 4.74 Å². The van der Waals surface area contributed by atoms with Crippen LogP contribution in [0.4, 0.5) is 0 Å². The predicted molar refractivity (Wildman–Crippen MR) is 125 cm³/mol. The molecule has 7 nitrogen and oxygen atoms in total. The van der Waals surface area contributed by atoms with E-state index >= 15 is 0 Å². The van der Waals surface area contributed by atoms with Crippen molar-refractivity contribution in [3.63, 3.8) is 0 Å². The highest BCUT2D eigenvalue weighted by atomic mass is 32.2. The predicted octanol–water partition coefficient (Wildman–Crippen LogP) is 2.69. The van der Waals surface area contributed by atoms with Gasteiger partial charge in [0.2, 0.25) is 5.91 Å². The summed E-state index contributed by atoms with van der Waals surface area (Å²) in [6.07, 6.45) is 1.36. The molecule has 2 aliphatic rings. The van der Waals surface area contributed by atoms with Gasteiger partial charge in [0, 0.05) is 45.2 Å². The molecule has 0 saturated carbocycles. The van der Waals surface area contributed by atoms with Crippen LogP contribution in [0.25, 0.3) is 0 Å². The summed E-state index contributed by atoms with van der Waals surface area (Å²) in [5.74, 6) is -0.145. The Bertz CT molecular complexity index is 1000. The average molecular weight is 478 g/mol. The molecule has 1 amide bonds. The maximum atomic E-state index is 12.7. The molecule has 1 unspecified atom stereocenters. The van der Waals surface area contributed by atoms with Crippen molar-refractivity contribution < 1.29 is 17.9 Å². The van der Waals surface area contributed by atoms with E-state index in [0.29, 0.717) is 36.7 Å². The number of benzene rings is 1. The molecule has 1 aromatic carbocycles. The van der Waals surface area contributed by atoms with Crippen molar-refractivity contribution in [3.05, 3.63) is 52.9 Å². The van der Waals surface area contributed by atoms with Gasteiger partial charge in [0.1, 0.15) is 4.21 Å². The number of carbonyl (C=O) groups excluding carboxylic acids is 1. The number of hydrogen-bond donors (Lipinski definition) is 1. The van der Waals surface area contributed by atoms with Crippen molar-refractivity contribution in [1.82, 2.24) is 14.5 Å². The van der Waals surface area contributed by atoms with E-state index in [-0.39, 0.29) is 17.9 Å². The number of nitrogens with one attached hydrogen (secondary N) is 1. The number of hydrogen-bond acceptors (Lipinski definition) is 6. The summed E-state index contributed by atoms with van der Waals surface area (Å²) < 4.78 is 32.8. The molecule has 1 atom stereocenters. The van der Waals surface area contributed by atoms with Crippen LogP contribution in [0.15, 0.2) is 46.0 Å².